The Kier molecular flexibility index (Phi) is 5.56. The average molecular weight is 479 g/mol. The van der Waals surface area contributed by atoms with Crippen LogP contribution >= 0.6 is 11.3 Å². The maximum absolute atomic E-state index is 13.2. The first-order valence-corrected chi connectivity index (χ1v) is 13.2. The number of piperazine rings is 1. The summed E-state index contributed by atoms with van der Waals surface area (Å²) >= 11 is 1.87. The van der Waals surface area contributed by atoms with E-state index in [-0.39, 0.29) is 12.7 Å². The smallest absolute Gasteiger partial charge is 0.254 e. The molecule has 0 N–H and O–H groups in total. The molecule has 0 bridgehead atoms. The van der Waals surface area contributed by atoms with Crippen molar-refractivity contribution in [1.82, 2.24) is 14.9 Å². The Hall–Kier alpha value is -2.87. The minimum atomic E-state index is 0.0407. The summed E-state index contributed by atoms with van der Waals surface area (Å²) in [5, 5.41) is 1.27. The molecule has 0 radical (unpaired) electrons. The van der Waals surface area contributed by atoms with Crippen molar-refractivity contribution < 1.29 is 14.3 Å². The van der Waals surface area contributed by atoms with Crippen molar-refractivity contribution in [3.05, 3.63) is 40.0 Å². The topological polar surface area (TPSA) is 67.8 Å². The minimum Gasteiger partial charge on any atom is -0.454 e. The average Bonchev–Trinajstić information content (AvgIpc) is 3.51. The number of rotatable bonds is 4. The molecule has 1 atom stereocenters. The zero-order valence-corrected chi connectivity index (χ0v) is 20.6. The molecule has 34 heavy (non-hydrogen) atoms. The molecule has 6 rings (SSSR count). The Morgan fingerprint density at radius 2 is 1.88 bits per heavy atom. The second kappa shape index (κ2) is 8.73. The van der Waals surface area contributed by atoms with Gasteiger partial charge in [0.1, 0.15) is 16.5 Å². The molecule has 7 nitrogen and oxygen atoms in total. The number of anilines is 1. The summed E-state index contributed by atoms with van der Waals surface area (Å²) in [5.74, 6) is 3.74. The van der Waals surface area contributed by atoms with Crippen molar-refractivity contribution in [1.29, 1.82) is 0 Å². The monoisotopic (exact) mass is 478 g/mol. The first-order valence-electron chi connectivity index (χ1n) is 12.4. The number of fused-ring (bicyclic) bond motifs is 4. The van der Waals surface area contributed by atoms with Gasteiger partial charge in [-0.25, -0.2) is 9.97 Å². The lowest BCUT2D eigenvalue weighted by molar-refractivity contribution is 0.0746. The highest BCUT2D eigenvalue weighted by Gasteiger charge is 2.29. The Bertz CT molecular complexity index is 1250. The highest BCUT2D eigenvalue weighted by molar-refractivity contribution is 7.19. The van der Waals surface area contributed by atoms with Crippen molar-refractivity contribution in [3.8, 4) is 11.5 Å². The van der Waals surface area contributed by atoms with Gasteiger partial charge in [-0.15, -0.1) is 11.3 Å². The lowest BCUT2D eigenvalue weighted by atomic mass is 9.96. The number of nitrogens with zero attached hydrogens (tertiary/aromatic N) is 4. The van der Waals surface area contributed by atoms with Crippen molar-refractivity contribution >= 4 is 33.3 Å². The number of aromatic nitrogens is 2. The molecular weight excluding hydrogens is 448 g/mol. The zero-order chi connectivity index (χ0) is 23.2. The molecule has 1 aliphatic carbocycles. The molecule has 0 saturated carbocycles. The summed E-state index contributed by atoms with van der Waals surface area (Å²) < 4.78 is 10.8. The van der Waals surface area contributed by atoms with E-state index in [0.29, 0.717) is 36.1 Å². The van der Waals surface area contributed by atoms with Crippen molar-refractivity contribution in [2.75, 3.05) is 37.9 Å². The number of carbonyl (C=O) groups excluding carboxylic acids is 1. The molecule has 2 aliphatic heterocycles. The third-order valence-corrected chi connectivity index (χ3v) is 8.54. The Labute approximate surface area is 203 Å². The van der Waals surface area contributed by atoms with Crippen LogP contribution in [0.3, 0.4) is 0 Å². The highest BCUT2D eigenvalue weighted by Crippen LogP contribution is 2.41. The minimum absolute atomic E-state index is 0.0407. The van der Waals surface area contributed by atoms with Crippen LogP contribution < -0.4 is 14.4 Å². The van der Waals surface area contributed by atoms with Crippen molar-refractivity contribution in [2.45, 2.75) is 51.9 Å². The van der Waals surface area contributed by atoms with Crippen LogP contribution in [0.1, 0.15) is 65.7 Å². The van der Waals surface area contributed by atoms with Gasteiger partial charge in [-0.2, -0.15) is 0 Å². The third kappa shape index (κ3) is 3.68. The summed E-state index contributed by atoms with van der Waals surface area (Å²) in [4.78, 5) is 30.3. The van der Waals surface area contributed by atoms with E-state index >= 15 is 0 Å². The molecule has 3 aliphatic rings. The van der Waals surface area contributed by atoms with E-state index in [0.717, 1.165) is 48.8 Å². The Balaban J connectivity index is 1.27. The lowest BCUT2D eigenvalue weighted by Gasteiger charge is -2.36. The number of benzene rings is 1. The first-order chi connectivity index (χ1) is 16.6. The number of thiophene rings is 1. The lowest BCUT2D eigenvalue weighted by Crippen LogP contribution is -2.49. The molecule has 178 valence electrons. The van der Waals surface area contributed by atoms with E-state index in [9.17, 15) is 4.79 Å². The molecular formula is C26H30N4O3S. The molecule has 4 heterocycles. The van der Waals surface area contributed by atoms with Crippen molar-refractivity contribution in [3.63, 3.8) is 0 Å². The Morgan fingerprint density at radius 3 is 2.71 bits per heavy atom. The van der Waals surface area contributed by atoms with E-state index in [4.69, 9.17) is 19.4 Å². The van der Waals surface area contributed by atoms with Crippen LogP contribution in [0, 0.1) is 0 Å². The van der Waals surface area contributed by atoms with E-state index in [1.165, 1.54) is 28.7 Å². The molecule has 1 unspecified atom stereocenters. The van der Waals surface area contributed by atoms with E-state index in [2.05, 4.69) is 18.7 Å². The fourth-order valence-corrected chi connectivity index (χ4v) is 6.38. The number of hydrogen-bond donors (Lipinski definition) is 0. The summed E-state index contributed by atoms with van der Waals surface area (Å²) in [6, 6.07) is 5.44. The number of ether oxygens (including phenoxy) is 2. The van der Waals surface area contributed by atoms with Crippen LogP contribution in [-0.2, 0) is 12.8 Å². The number of carbonyl (C=O) groups is 1. The maximum Gasteiger partial charge on any atom is 0.254 e. The summed E-state index contributed by atoms with van der Waals surface area (Å²) in [6.45, 7) is 7.50. The fourth-order valence-electron chi connectivity index (χ4n) is 5.12. The fraction of sp³-hybridized carbons (Fsp3) is 0.500. The van der Waals surface area contributed by atoms with Gasteiger partial charge in [-0.1, -0.05) is 13.8 Å². The third-order valence-electron chi connectivity index (χ3n) is 7.35. The SMILES string of the molecule is CCC(C)c1nc(N2CCN(C(=O)c3ccc4c(c3)OCO4)CC2)c2c3c(sc2n1)CCCC3. The van der Waals surface area contributed by atoms with Crippen LogP contribution in [0.2, 0.25) is 0 Å². The quantitative estimate of drug-likeness (QED) is 0.538. The van der Waals surface area contributed by atoms with Crippen LogP contribution in [-0.4, -0.2) is 53.7 Å². The molecule has 1 saturated heterocycles. The second-order valence-corrected chi connectivity index (χ2v) is 10.5. The van der Waals surface area contributed by atoms with Crippen LogP contribution in [0.5, 0.6) is 11.5 Å². The summed E-state index contributed by atoms with van der Waals surface area (Å²) in [5.41, 5.74) is 2.11. The van der Waals surface area contributed by atoms with Crippen molar-refractivity contribution in [2.24, 2.45) is 0 Å². The van der Waals surface area contributed by atoms with E-state index < -0.39 is 0 Å². The largest absolute Gasteiger partial charge is 0.454 e. The highest BCUT2D eigenvalue weighted by atomic mass is 32.1. The van der Waals surface area contributed by atoms with Gasteiger partial charge in [0.25, 0.3) is 5.91 Å². The molecule has 1 aromatic carbocycles. The second-order valence-electron chi connectivity index (χ2n) is 9.45. The predicted molar refractivity (Wildman–Crippen MR) is 133 cm³/mol. The molecule has 0 spiro atoms. The van der Waals surface area contributed by atoms with Crippen LogP contribution in [0.25, 0.3) is 10.2 Å². The van der Waals surface area contributed by atoms with Gasteiger partial charge in [-0.05, 0) is 55.9 Å². The van der Waals surface area contributed by atoms with E-state index in [1.54, 1.807) is 6.07 Å². The molecule has 1 fully saturated rings. The molecule has 1 amide bonds. The summed E-state index contributed by atoms with van der Waals surface area (Å²) in [6.07, 6.45) is 5.81. The maximum atomic E-state index is 13.2. The first kappa shape index (κ1) is 21.6. The van der Waals surface area contributed by atoms with Gasteiger partial charge in [0.05, 0.1) is 5.39 Å². The number of aryl methyl sites for hydroxylation is 2. The summed E-state index contributed by atoms with van der Waals surface area (Å²) in [7, 11) is 0. The van der Waals surface area contributed by atoms with Gasteiger partial charge in [-0.3, -0.25) is 4.79 Å². The molecule has 2 aromatic heterocycles. The van der Waals surface area contributed by atoms with Crippen LogP contribution in [0.15, 0.2) is 18.2 Å². The van der Waals surface area contributed by atoms with Gasteiger partial charge in [0.2, 0.25) is 6.79 Å². The predicted octanol–water partition coefficient (Wildman–Crippen LogP) is 4.77. The normalized spacial score (nSPS) is 18.3. The van der Waals surface area contributed by atoms with E-state index in [1.807, 2.05) is 28.4 Å². The number of hydrogen-bond acceptors (Lipinski definition) is 7. The van der Waals surface area contributed by atoms with Gasteiger partial charge >= 0.3 is 0 Å². The van der Waals surface area contributed by atoms with Gasteiger partial charge in [0.15, 0.2) is 11.5 Å². The standard InChI is InChI=1S/C26H30N4O3S/c1-3-16(2)23-27-24(22-18-6-4-5-7-21(18)34-25(22)28-23)29-10-12-30(13-11-29)26(31)17-8-9-19-20(14-17)33-15-32-19/h8-9,14,16H,3-7,10-13,15H2,1-2H3. The van der Waals surface area contributed by atoms with Gasteiger partial charge < -0.3 is 19.3 Å². The number of amides is 1. The molecule has 3 aromatic rings. The van der Waals surface area contributed by atoms with Gasteiger partial charge in [0, 0.05) is 42.5 Å². The zero-order valence-electron chi connectivity index (χ0n) is 19.8. The molecule has 8 heteroatoms. The Morgan fingerprint density at radius 1 is 1.09 bits per heavy atom. The van der Waals surface area contributed by atoms with Crippen LogP contribution in [0.4, 0.5) is 5.82 Å².